The lowest BCUT2D eigenvalue weighted by Gasteiger charge is -2.19. The average Bonchev–Trinajstić information content (AvgIpc) is 2.80. The maximum absolute atomic E-state index is 12.7. The molecule has 8 heteroatoms. The van der Waals surface area contributed by atoms with Gasteiger partial charge in [0.05, 0.1) is 17.9 Å². The molecule has 30 heavy (non-hydrogen) atoms. The summed E-state index contributed by atoms with van der Waals surface area (Å²) >= 11 is 0. The van der Waals surface area contributed by atoms with Gasteiger partial charge in [0.1, 0.15) is 11.4 Å². The van der Waals surface area contributed by atoms with E-state index >= 15 is 0 Å². The number of nitrogens with one attached hydrogen (secondary N) is 2. The molecule has 1 atom stereocenters. The summed E-state index contributed by atoms with van der Waals surface area (Å²) in [6.45, 7) is 0. The molecule has 0 saturated carbocycles. The average molecular weight is 398 g/mol. The number of hydrogen-bond acceptors (Lipinski definition) is 6. The maximum Gasteiger partial charge on any atom is 0.271 e. The summed E-state index contributed by atoms with van der Waals surface area (Å²) in [5.41, 5.74) is 1.92. The Morgan fingerprint density at radius 1 is 1.00 bits per heavy atom. The Balaban J connectivity index is 1.65. The molecular weight excluding hydrogens is 380 g/mol. The first-order valence-electron chi connectivity index (χ1n) is 9.32. The van der Waals surface area contributed by atoms with Crippen LogP contribution in [0.15, 0.2) is 84.2 Å². The molecule has 0 unspecified atom stereocenters. The standard InChI is InChI=1S/C22H18N6O2/c29-20-13-16(26-21(28-20)17-8-4-5-9-24-17)12-18(15-6-2-1-3-7-15)27-22(30)19-14-23-10-11-25-19/h1-11,13-14,18H,12H2,(H,27,30)(H,26,28,29)/t18-/m1/s1. The van der Waals surface area contributed by atoms with E-state index < -0.39 is 6.04 Å². The number of hydrogen-bond donors (Lipinski definition) is 2. The second-order valence-electron chi connectivity index (χ2n) is 6.53. The van der Waals surface area contributed by atoms with Crippen molar-refractivity contribution in [3.05, 3.63) is 107 Å². The third kappa shape index (κ3) is 4.61. The highest BCUT2D eigenvalue weighted by Crippen LogP contribution is 2.19. The lowest BCUT2D eigenvalue weighted by atomic mass is 10.0. The molecule has 0 spiro atoms. The monoisotopic (exact) mass is 398 g/mol. The Labute approximate surface area is 172 Å². The Hall–Kier alpha value is -4.20. The minimum atomic E-state index is -0.411. The van der Waals surface area contributed by atoms with Crippen LogP contribution in [0.2, 0.25) is 0 Å². The van der Waals surface area contributed by atoms with Gasteiger partial charge in [-0.05, 0) is 17.7 Å². The van der Waals surface area contributed by atoms with Crippen LogP contribution in [0, 0.1) is 0 Å². The van der Waals surface area contributed by atoms with E-state index in [1.165, 1.54) is 24.7 Å². The van der Waals surface area contributed by atoms with E-state index in [9.17, 15) is 9.59 Å². The zero-order valence-electron chi connectivity index (χ0n) is 15.9. The zero-order chi connectivity index (χ0) is 20.8. The molecule has 1 amide bonds. The predicted octanol–water partition coefficient (Wildman–Crippen LogP) is 2.34. The number of rotatable bonds is 6. The molecule has 4 aromatic rings. The van der Waals surface area contributed by atoms with Gasteiger partial charge in [0.2, 0.25) is 0 Å². The van der Waals surface area contributed by atoms with Crippen molar-refractivity contribution in [2.24, 2.45) is 0 Å². The van der Waals surface area contributed by atoms with Crippen molar-refractivity contribution in [3.63, 3.8) is 0 Å². The third-order valence-corrected chi connectivity index (χ3v) is 4.42. The van der Waals surface area contributed by atoms with Gasteiger partial charge in [0.25, 0.3) is 11.5 Å². The maximum atomic E-state index is 12.7. The van der Waals surface area contributed by atoms with E-state index in [1.807, 2.05) is 36.4 Å². The molecule has 4 rings (SSSR count). The van der Waals surface area contributed by atoms with Gasteiger partial charge < -0.3 is 10.3 Å². The summed E-state index contributed by atoms with van der Waals surface area (Å²) in [5.74, 6) is 0.0249. The molecule has 1 aromatic carbocycles. The first kappa shape index (κ1) is 19.1. The van der Waals surface area contributed by atoms with Crippen LogP contribution in [-0.2, 0) is 6.42 Å². The van der Waals surface area contributed by atoms with Crippen molar-refractivity contribution in [3.8, 4) is 11.5 Å². The van der Waals surface area contributed by atoms with Gasteiger partial charge in [-0.1, -0.05) is 36.4 Å². The number of aromatic amines is 1. The van der Waals surface area contributed by atoms with Gasteiger partial charge in [-0.3, -0.25) is 19.6 Å². The van der Waals surface area contributed by atoms with Crippen LogP contribution >= 0.6 is 0 Å². The molecule has 148 valence electrons. The van der Waals surface area contributed by atoms with Crippen LogP contribution in [0.4, 0.5) is 0 Å². The van der Waals surface area contributed by atoms with Gasteiger partial charge in [-0.15, -0.1) is 0 Å². The number of aromatic nitrogens is 5. The quantitative estimate of drug-likeness (QED) is 0.515. The molecule has 3 aromatic heterocycles. The molecule has 0 aliphatic heterocycles. The van der Waals surface area contributed by atoms with Gasteiger partial charge in [0.15, 0.2) is 5.82 Å². The summed E-state index contributed by atoms with van der Waals surface area (Å²) in [5, 5.41) is 2.97. The number of carbonyl (C=O) groups excluding carboxylic acids is 1. The van der Waals surface area contributed by atoms with Crippen LogP contribution in [0.1, 0.15) is 27.8 Å². The van der Waals surface area contributed by atoms with E-state index in [-0.39, 0.29) is 17.2 Å². The first-order valence-corrected chi connectivity index (χ1v) is 9.32. The number of pyridine rings is 1. The highest BCUT2D eigenvalue weighted by atomic mass is 16.2. The smallest absolute Gasteiger partial charge is 0.271 e. The highest BCUT2D eigenvalue weighted by molar-refractivity contribution is 5.92. The van der Waals surface area contributed by atoms with Crippen LogP contribution in [0.5, 0.6) is 0 Å². The molecule has 0 saturated heterocycles. The number of benzene rings is 1. The Morgan fingerprint density at radius 3 is 2.57 bits per heavy atom. The summed E-state index contributed by atoms with van der Waals surface area (Å²) in [7, 11) is 0. The fourth-order valence-corrected chi connectivity index (χ4v) is 3.03. The summed E-state index contributed by atoms with van der Waals surface area (Å²) in [6.07, 6.45) is 6.33. The van der Waals surface area contributed by atoms with E-state index in [2.05, 4.69) is 30.2 Å². The molecule has 0 aliphatic rings. The molecule has 8 nitrogen and oxygen atoms in total. The molecule has 3 heterocycles. The lowest BCUT2D eigenvalue weighted by Crippen LogP contribution is -2.31. The number of amides is 1. The van der Waals surface area contributed by atoms with E-state index in [0.29, 0.717) is 23.6 Å². The van der Waals surface area contributed by atoms with Crippen LogP contribution in [0.3, 0.4) is 0 Å². The van der Waals surface area contributed by atoms with Crippen LogP contribution in [-0.4, -0.2) is 30.8 Å². The Kier molecular flexibility index (Phi) is 5.66. The van der Waals surface area contributed by atoms with Gasteiger partial charge >= 0.3 is 0 Å². The minimum absolute atomic E-state index is 0.214. The van der Waals surface area contributed by atoms with Gasteiger partial charge in [-0.25, -0.2) is 9.97 Å². The van der Waals surface area contributed by atoms with Gasteiger partial charge in [0, 0.05) is 31.1 Å². The second-order valence-corrected chi connectivity index (χ2v) is 6.53. The Morgan fingerprint density at radius 2 is 1.83 bits per heavy atom. The predicted molar refractivity (Wildman–Crippen MR) is 110 cm³/mol. The van der Waals surface area contributed by atoms with Crippen LogP contribution < -0.4 is 10.9 Å². The molecule has 0 radical (unpaired) electrons. The minimum Gasteiger partial charge on any atom is -0.343 e. The Bertz CT molecular complexity index is 1180. The fraction of sp³-hybridized carbons (Fsp3) is 0.0909. The third-order valence-electron chi connectivity index (χ3n) is 4.42. The largest absolute Gasteiger partial charge is 0.343 e. The van der Waals surface area contributed by atoms with E-state index in [4.69, 9.17) is 0 Å². The molecule has 0 fully saturated rings. The number of H-pyrrole nitrogens is 1. The van der Waals surface area contributed by atoms with Gasteiger partial charge in [-0.2, -0.15) is 0 Å². The topological polar surface area (TPSA) is 114 Å². The van der Waals surface area contributed by atoms with Crippen molar-refractivity contribution in [2.75, 3.05) is 0 Å². The second kappa shape index (κ2) is 8.87. The van der Waals surface area contributed by atoms with E-state index in [1.54, 1.807) is 18.3 Å². The summed E-state index contributed by atoms with van der Waals surface area (Å²) in [4.78, 5) is 44.4. The van der Waals surface area contributed by atoms with Crippen molar-refractivity contribution < 1.29 is 4.79 Å². The number of nitrogens with zero attached hydrogens (tertiary/aromatic N) is 4. The molecule has 2 N–H and O–H groups in total. The summed E-state index contributed by atoms with van der Waals surface area (Å²) < 4.78 is 0. The first-order chi connectivity index (χ1) is 14.7. The SMILES string of the molecule is O=C(N[C@H](Cc1cc(=O)[nH]c(-c2ccccn2)n1)c1ccccc1)c1cnccn1. The summed E-state index contributed by atoms with van der Waals surface area (Å²) in [6, 6.07) is 15.9. The van der Waals surface area contributed by atoms with E-state index in [0.717, 1.165) is 5.56 Å². The highest BCUT2D eigenvalue weighted by Gasteiger charge is 2.19. The molecule has 0 aliphatic carbocycles. The van der Waals surface area contributed by atoms with Crippen molar-refractivity contribution >= 4 is 5.91 Å². The molecule has 0 bridgehead atoms. The number of carbonyl (C=O) groups is 1. The lowest BCUT2D eigenvalue weighted by molar-refractivity contribution is 0.0931. The molecular formula is C22H18N6O2. The van der Waals surface area contributed by atoms with Crippen molar-refractivity contribution in [2.45, 2.75) is 12.5 Å². The normalized spacial score (nSPS) is 11.6. The van der Waals surface area contributed by atoms with Crippen molar-refractivity contribution in [1.82, 2.24) is 30.2 Å². The van der Waals surface area contributed by atoms with Crippen LogP contribution in [0.25, 0.3) is 11.5 Å². The van der Waals surface area contributed by atoms with Crippen molar-refractivity contribution in [1.29, 1.82) is 0 Å². The fourth-order valence-electron chi connectivity index (χ4n) is 3.03. The zero-order valence-corrected chi connectivity index (χ0v) is 15.9.